The third kappa shape index (κ3) is 3.14. The summed E-state index contributed by atoms with van der Waals surface area (Å²) in [5.74, 6) is 0.657. The number of aryl methyl sites for hydroxylation is 2. The predicted molar refractivity (Wildman–Crippen MR) is 87.1 cm³/mol. The van der Waals surface area contributed by atoms with E-state index < -0.39 is 0 Å². The fourth-order valence-corrected chi connectivity index (χ4v) is 3.14. The Bertz CT molecular complexity index is 433. The predicted octanol–water partition coefficient (Wildman–Crippen LogP) is 3.89. The number of nitrogens with zero attached hydrogens (tertiary/aromatic N) is 1. The second kappa shape index (κ2) is 5.84. The second-order valence-electron chi connectivity index (χ2n) is 6.17. The van der Waals surface area contributed by atoms with Crippen molar-refractivity contribution in [3.05, 3.63) is 27.7 Å². The summed E-state index contributed by atoms with van der Waals surface area (Å²) in [5.41, 5.74) is 4.01. The van der Waals surface area contributed by atoms with Crippen LogP contribution in [-0.2, 0) is 0 Å². The molecule has 19 heavy (non-hydrogen) atoms. The first kappa shape index (κ1) is 14.9. The lowest BCUT2D eigenvalue weighted by Crippen LogP contribution is -2.57. The van der Waals surface area contributed by atoms with E-state index in [9.17, 15) is 0 Å². The summed E-state index contributed by atoms with van der Waals surface area (Å²) in [6.07, 6.45) is 0. The van der Waals surface area contributed by atoms with Crippen molar-refractivity contribution in [1.29, 1.82) is 0 Å². The normalized spacial score (nSPS) is 24.1. The van der Waals surface area contributed by atoms with Gasteiger partial charge in [-0.2, -0.15) is 0 Å². The summed E-state index contributed by atoms with van der Waals surface area (Å²) in [6, 6.07) is 5.75. The number of benzene rings is 1. The lowest BCUT2D eigenvalue weighted by molar-refractivity contribution is 0.349. The smallest absolute Gasteiger partial charge is 0.0438 e. The topological polar surface area (TPSA) is 15.3 Å². The molecule has 0 amide bonds. The highest BCUT2D eigenvalue weighted by Gasteiger charge is 2.28. The summed E-state index contributed by atoms with van der Waals surface area (Å²) >= 11 is 3.66. The molecule has 1 aliphatic heterocycles. The van der Waals surface area contributed by atoms with Crippen LogP contribution in [0.4, 0.5) is 5.69 Å². The molecule has 1 aliphatic rings. The highest BCUT2D eigenvalue weighted by Crippen LogP contribution is 2.30. The van der Waals surface area contributed by atoms with Crippen LogP contribution in [0.3, 0.4) is 0 Å². The zero-order valence-corrected chi connectivity index (χ0v) is 14.2. The SMILES string of the molecule is Cc1cc(N2CC(C)NCC2C(C)C)cc(C)c1Br. The van der Waals surface area contributed by atoms with E-state index in [-0.39, 0.29) is 0 Å². The molecule has 1 N–H and O–H groups in total. The quantitative estimate of drug-likeness (QED) is 0.887. The third-order valence-corrected chi connectivity index (χ3v) is 5.32. The molecule has 0 radical (unpaired) electrons. The van der Waals surface area contributed by atoms with Gasteiger partial charge in [0.15, 0.2) is 0 Å². The van der Waals surface area contributed by atoms with Crippen molar-refractivity contribution in [2.45, 2.75) is 46.7 Å². The molecule has 106 valence electrons. The zero-order chi connectivity index (χ0) is 14.2. The van der Waals surface area contributed by atoms with Crippen LogP contribution < -0.4 is 10.2 Å². The number of rotatable bonds is 2. The van der Waals surface area contributed by atoms with E-state index in [1.54, 1.807) is 0 Å². The first-order valence-corrected chi connectivity index (χ1v) is 7.96. The van der Waals surface area contributed by atoms with Crippen molar-refractivity contribution in [2.75, 3.05) is 18.0 Å². The Kier molecular flexibility index (Phi) is 4.57. The molecule has 1 aromatic rings. The van der Waals surface area contributed by atoms with Gasteiger partial charge in [-0.15, -0.1) is 0 Å². The van der Waals surface area contributed by atoms with E-state index in [4.69, 9.17) is 0 Å². The molecule has 1 fully saturated rings. The monoisotopic (exact) mass is 324 g/mol. The fraction of sp³-hybridized carbons (Fsp3) is 0.625. The van der Waals surface area contributed by atoms with Gasteiger partial charge in [0.1, 0.15) is 0 Å². The largest absolute Gasteiger partial charge is 0.365 e. The Labute approximate surface area is 125 Å². The van der Waals surface area contributed by atoms with Crippen molar-refractivity contribution in [3.8, 4) is 0 Å². The second-order valence-corrected chi connectivity index (χ2v) is 6.96. The average molecular weight is 325 g/mol. The van der Waals surface area contributed by atoms with E-state index in [0.29, 0.717) is 18.0 Å². The van der Waals surface area contributed by atoms with Gasteiger partial charge in [0.2, 0.25) is 0 Å². The van der Waals surface area contributed by atoms with Crippen molar-refractivity contribution in [1.82, 2.24) is 5.32 Å². The number of piperazine rings is 1. The minimum Gasteiger partial charge on any atom is -0.365 e. The summed E-state index contributed by atoms with van der Waals surface area (Å²) in [4.78, 5) is 2.58. The van der Waals surface area contributed by atoms with Crippen molar-refractivity contribution in [3.63, 3.8) is 0 Å². The molecule has 1 heterocycles. The molecule has 1 aromatic carbocycles. The van der Waals surface area contributed by atoms with Crippen LogP contribution >= 0.6 is 15.9 Å². The molecule has 0 aliphatic carbocycles. The van der Waals surface area contributed by atoms with Gasteiger partial charge in [-0.1, -0.05) is 29.8 Å². The Morgan fingerprint density at radius 2 is 1.84 bits per heavy atom. The van der Waals surface area contributed by atoms with Crippen LogP contribution in [0.2, 0.25) is 0 Å². The molecule has 2 atom stereocenters. The van der Waals surface area contributed by atoms with Gasteiger partial charge in [0.05, 0.1) is 0 Å². The Balaban J connectivity index is 2.36. The minimum absolute atomic E-state index is 0.555. The van der Waals surface area contributed by atoms with Gasteiger partial charge in [0.25, 0.3) is 0 Å². The van der Waals surface area contributed by atoms with Crippen molar-refractivity contribution < 1.29 is 0 Å². The van der Waals surface area contributed by atoms with Gasteiger partial charge < -0.3 is 10.2 Å². The number of halogens is 1. The van der Waals surface area contributed by atoms with Gasteiger partial charge in [-0.25, -0.2) is 0 Å². The summed E-state index contributed by atoms with van der Waals surface area (Å²) < 4.78 is 1.24. The maximum absolute atomic E-state index is 3.66. The number of nitrogens with one attached hydrogen (secondary N) is 1. The molecule has 0 aromatic heterocycles. The fourth-order valence-electron chi connectivity index (χ4n) is 2.91. The average Bonchev–Trinajstić information content (AvgIpc) is 2.34. The molecular weight excluding hydrogens is 300 g/mol. The highest BCUT2D eigenvalue weighted by molar-refractivity contribution is 9.10. The van der Waals surface area contributed by atoms with Gasteiger partial charge >= 0.3 is 0 Å². The van der Waals surface area contributed by atoms with E-state index >= 15 is 0 Å². The van der Waals surface area contributed by atoms with Crippen molar-refractivity contribution >= 4 is 21.6 Å². The van der Waals surface area contributed by atoms with Gasteiger partial charge in [0, 0.05) is 35.3 Å². The third-order valence-electron chi connectivity index (χ3n) is 4.07. The van der Waals surface area contributed by atoms with Gasteiger partial charge in [-0.05, 0) is 49.9 Å². The van der Waals surface area contributed by atoms with Crippen LogP contribution in [0.1, 0.15) is 31.9 Å². The van der Waals surface area contributed by atoms with Crippen LogP contribution in [0.15, 0.2) is 16.6 Å². The number of hydrogen-bond acceptors (Lipinski definition) is 2. The first-order chi connectivity index (χ1) is 8.90. The van der Waals surface area contributed by atoms with E-state index in [1.165, 1.54) is 21.3 Å². The van der Waals surface area contributed by atoms with E-state index in [2.05, 4.69) is 72.9 Å². The maximum Gasteiger partial charge on any atom is 0.0438 e. The van der Waals surface area contributed by atoms with Crippen LogP contribution in [0, 0.1) is 19.8 Å². The molecule has 0 saturated carbocycles. The van der Waals surface area contributed by atoms with Crippen LogP contribution in [-0.4, -0.2) is 25.2 Å². The lowest BCUT2D eigenvalue weighted by atomic mass is 9.97. The maximum atomic E-state index is 3.66. The minimum atomic E-state index is 0.555. The highest BCUT2D eigenvalue weighted by atomic mass is 79.9. The summed E-state index contributed by atoms with van der Waals surface area (Å²) in [5, 5.41) is 3.60. The first-order valence-electron chi connectivity index (χ1n) is 7.17. The Morgan fingerprint density at radius 1 is 1.26 bits per heavy atom. The summed E-state index contributed by atoms with van der Waals surface area (Å²) in [6.45, 7) is 13.4. The molecule has 1 saturated heterocycles. The van der Waals surface area contributed by atoms with Crippen LogP contribution in [0.25, 0.3) is 0 Å². The molecule has 3 heteroatoms. The number of anilines is 1. The Morgan fingerprint density at radius 3 is 2.37 bits per heavy atom. The van der Waals surface area contributed by atoms with E-state index in [0.717, 1.165) is 13.1 Å². The molecular formula is C16H25BrN2. The van der Waals surface area contributed by atoms with Crippen molar-refractivity contribution in [2.24, 2.45) is 5.92 Å². The van der Waals surface area contributed by atoms with E-state index in [1.807, 2.05) is 0 Å². The lowest BCUT2D eigenvalue weighted by Gasteiger charge is -2.43. The molecule has 2 nitrogen and oxygen atoms in total. The molecule has 0 bridgehead atoms. The Hall–Kier alpha value is -0.540. The van der Waals surface area contributed by atoms with Crippen LogP contribution in [0.5, 0.6) is 0 Å². The number of hydrogen-bond donors (Lipinski definition) is 1. The van der Waals surface area contributed by atoms with Gasteiger partial charge in [-0.3, -0.25) is 0 Å². The standard InChI is InChI=1S/C16H25BrN2/c1-10(2)15-8-18-13(5)9-19(15)14-6-11(3)16(17)12(4)7-14/h6-7,10,13,15,18H,8-9H2,1-5H3. The zero-order valence-electron chi connectivity index (χ0n) is 12.6. The molecule has 0 spiro atoms. The molecule has 2 rings (SSSR count). The molecule has 2 unspecified atom stereocenters. The summed E-state index contributed by atoms with van der Waals surface area (Å²) in [7, 11) is 0.